The van der Waals surface area contributed by atoms with E-state index < -0.39 is 5.97 Å². The number of aryl methyl sites for hydroxylation is 1. The van der Waals surface area contributed by atoms with Crippen LogP contribution in [0.2, 0.25) is 0 Å². The Morgan fingerprint density at radius 1 is 1.12 bits per heavy atom. The van der Waals surface area contributed by atoms with Crippen molar-refractivity contribution in [2.75, 3.05) is 12.4 Å². The zero-order valence-corrected chi connectivity index (χ0v) is 14.3. The lowest BCUT2D eigenvalue weighted by Crippen LogP contribution is -2.40. The fourth-order valence-electron chi connectivity index (χ4n) is 2.94. The zero-order chi connectivity index (χ0) is 18.2. The van der Waals surface area contributed by atoms with Gasteiger partial charge in [0.25, 0.3) is 0 Å². The predicted octanol–water partition coefficient (Wildman–Crippen LogP) is 2.56. The molecule has 0 bridgehead atoms. The molecule has 1 saturated carbocycles. The molecule has 0 atom stereocenters. The number of hydrogen-bond acceptors (Lipinski definition) is 4. The van der Waals surface area contributed by atoms with Crippen LogP contribution < -0.4 is 10.6 Å². The molecule has 1 aliphatic rings. The average Bonchev–Trinajstić information content (AvgIpc) is 2.61. The highest BCUT2D eigenvalue weighted by atomic mass is 16.5. The summed E-state index contributed by atoms with van der Waals surface area (Å²) in [5, 5.41) is 14.6. The highest BCUT2D eigenvalue weighted by Crippen LogP contribution is 2.24. The van der Waals surface area contributed by atoms with Crippen LogP contribution in [0.25, 0.3) is 0 Å². The maximum absolute atomic E-state index is 12.0. The van der Waals surface area contributed by atoms with Crippen LogP contribution in [0.4, 0.5) is 10.5 Å². The third-order valence-corrected chi connectivity index (χ3v) is 4.47. The van der Waals surface area contributed by atoms with Crippen LogP contribution in [0, 0.1) is 5.92 Å². The minimum absolute atomic E-state index is 0.00919. The normalized spacial score (nSPS) is 19.7. The number of urea groups is 1. The summed E-state index contributed by atoms with van der Waals surface area (Å²) >= 11 is 0. The molecule has 3 N–H and O–H groups in total. The minimum atomic E-state index is -0.754. The number of rotatable bonds is 6. The maximum atomic E-state index is 12.0. The van der Waals surface area contributed by atoms with Gasteiger partial charge in [0.15, 0.2) is 0 Å². The summed E-state index contributed by atoms with van der Waals surface area (Å²) in [6.07, 6.45) is 3.45. The van der Waals surface area contributed by atoms with Gasteiger partial charge in [-0.2, -0.15) is 0 Å². The third kappa shape index (κ3) is 6.10. The maximum Gasteiger partial charge on any atom is 0.319 e. The molecule has 1 aromatic carbocycles. The summed E-state index contributed by atoms with van der Waals surface area (Å²) in [4.78, 5) is 34.1. The van der Waals surface area contributed by atoms with Crippen LogP contribution in [0.15, 0.2) is 24.3 Å². The molecular formula is C18H24N2O5. The molecule has 0 spiro atoms. The van der Waals surface area contributed by atoms with Gasteiger partial charge in [0, 0.05) is 18.2 Å². The number of carbonyl (C=O) groups is 3. The summed E-state index contributed by atoms with van der Waals surface area (Å²) in [6.45, 7) is 0. The van der Waals surface area contributed by atoms with Gasteiger partial charge in [-0.05, 0) is 49.8 Å². The molecule has 0 heterocycles. The van der Waals surface area contributed by atoms with Gasteiger partial charge in [-0.3, -0.25) is 9.59 Å². The first kappa shape index (κ1) is 18.8. The molecule has 1 aliphatic carbocycles. The van der Waals surface area contributed by atoms with Crippen molar-refractivity contribution in [1.82, 2.24) is 5.32 Å². The number of amides is 2. The number of aliphatic carboxylic acids is 1. The SMILES string of the molecule is COC(=O)CCc1ccc(NC(=O)NC2CCC(C(=O)O)CC2)cc1. The first-order valence-corrected chi connectivity index (χ1v) is 8.44. The van der Waals surface area contributed by atoms with Crippen LogP contribution in [-0.2, 0) is 20.7 Å². The summed E-state index contributed by atoms with van der Waals surface area (Å²) in [7, 11) is 1.36. The number of carboxylic acid groups (broad SMARTS) is 1. The molecule has 0 saturated heterocycles. The Bertz CT molecular complexity index is 606. The molecule has 0 aliphatic heterocycles. The summed E-state index contributed by atoms with van der Waals surface area (Å²) in [6, 6.07) is 7.00. The van der Waals surface area contributed by atoms with Crippen molar-refractivity contribution < 1.29 is 24.2 Å². The Morgan fingerprint density at radius 2 is 1.76 bits per heavy atom. The highest BCUT2D eigenvalue weighted by molar-refractivity contribution is 5.89. The van der Waals surface area contributed by atoms with Crippen LogP contribution in [0.1, 0.15) is 37.7 Å². The lowest BCUT2D eigenvalue weighted by atomic mass is 9.86. The van der Waals surface area contributed by atoms with Crippen LogP contribution in [0.3, 0.4) is 0 Å². The van der Waals surface area contributed by atoms with Gasteiger partial charge in [-0.25, -0.2) is 4.79 Å². The van der Waals surface area contributed by atoms with Gasteiger partial charge in [0.2, 0.25) is 0 Å². The monoisotopic (exact) mass is 348 g/mol. The first-order valence-electron chi connectivity index (χ1n) is 8.44. The largest absolute Gasteiger partial charge is 0.481 e. The molecule has 2 rings (SSSR count). The van der Waals surface area contributed by atoms with E-state index in [1.807, 2.05) is 12.1 Å². The molecular weight excluding hydrogens is 324 g/mol. The van der Waals surface area contributed by atoms with E-state index in [2.05, 4.69) is 15.4 Å². The number of carboxylic acids is 1. The quantitative estimate of drug-likeness (QED) is 0.685. The van der Waals surface area contributed by atoms with Gasteiger partial charge < -0.3 is 20.5 Å². The van der Waals surface area contributed by atoms with E-state index in [0.29, 0.717) is 44.2 Å². The second-order valence-electron chi connectivity index (χ2n) is 6.26. The first-order chi connectivity index (χ1) is 12.0. The van der Waals surface area contributed by atoms with E-state index in [-0.39, 0.29) is 24.0 Å². The third-order valence-electron chi connectivity index (χ3n) is 4.47. The fraction of sp³-hybridized carbons (Fsp3) is 0.500. The van der Waals surface area contributed by atoms with Gasteiger partial charge in [-0.1, -0.05) is 12.1 Å². The van der Waals surface area contributed by atoms with Crippen molar-refractivity contribution >= 4 is 23.7 Å². The summed E-state index contributed by atoms with van der Waals surface area (Å²) in [5.41, 5.74) is 1.65. The van der Waals surface area contributed by atoms with E-state index in [1.54, 1.807) is 12.1 Å². The van der Waals surface area contributed by atoms with Crippen LogP contribution in [0.5, 0.6) is 0 Å². The van der Waals surface area contributed by atoms with Crippen LogP contribution in [-0.4, -0.2) is 36.2 Å². The molecule has 7 nitrogen and oxygen atoms in total. The molecule has 2 amide bonds. The van der Waals surface area contributed by atoms with E-state index in [4.69, 9.17) is 5.11 Å². The number of ether oxygens (including phenoxy) is 1. The minimum Gasteiger partial charge on any atom is -0.481 e. The number of esters is 1. The molecule has 7 heteroatoms. The average molecular weight is 348 g/mol. The van der Waals surface area contributed by atoms with E-state index >= 15 is 0 Å². The van der Waals surface area contributed by atoms with Crippen molar-refractivity contribution in [3.8, 4) is 0 Å². The Hall–Kier alpha value is -2.57. The lowest BCUT2D eigenvalue weighted by Gasteiger charge is -2.26. The van der Waals surface area contributed by atoms with E-state index in [1.165, 1.54) is 7.11 Å². The second kappa shape index (κ2) is 9.05. The van der Waals surface area contributed by atoms with Gasteiger partial charge in [-0.15, -0.1) is 0 Å². The van der Waals surface area contributed by atoms with Crippen molar-refractivity contribution in [2.45, 2.75) is 44.6 Å². The van der Waals surface area contributed by atoms with Crippen molar-refractivity contribution in [3.05, 3.63) is 29.8 Å². The Balaban J connectivity index is 1.75. The lowest BCUT2D eigenvalue weighted by molar-refractivity contribution is -0.143. The van der Waals surface area contributed by atoms with E-state index in [0.717, 1.165) is 5.56 Å². The number of methoxy groups -OCH3 is 1. The number of hydrogen-bond donors (Lipinski definition) is 3. The molecule has 0 unspecified atom stereocenters. The van der Waals surface area contributed by atoms with Crippen LogP contribution >= 0.6 is 0 Å². The highest BCUT2D eigenvalue weighted by Gasteiger charge is 2.26. The zero-order valence-electron chi connectivity index (χ0n) is 14.3. The molecule has 1 aromatic rings. The molecule has 0 radical (unpaired) electrons. The van der Waals surface area contributed by atoms with E-state index in [9.17, 15) is 14.4 Å². The summed E-state index contributed by atoms with van der Waals surface area (Å²) in [5.74, 6) is -1.30. The predicted molar refractivity (Wildman–Crippen MR) is 92.3 cm³/mol. The Labute approximate surface area is 146 Å². The fourth-order valence-corrected chi connectivity index (χ4v) is 2.94. The molecule has 0 aromatic heterocycles. The van der Waals surface area contributed by atoms with Crippen molar-refractivity contribution in [3.63, 3.8) is 0 Å². The second-order valence-corrected chi connectivity index (χ2v) is 6.26. The Morgan fingerprint density at radius 3 is 2.32 bits per heavy atom. The van der Waals surface area contributed by atoms with Crippen molar-refractivity contribution in [1.29, 1.82) is 0 Å². The van der Waals surface area contributed by atoms with Gasteiger partial charge in [0.1, 0.15) is 0 Å². The molecule has 136 valence electrons. The Kier molecular flexibility index (Phi) is 6.80. The topological polar surface area (TPSA) is 105 Å². The number of anilines is 1. The smallest absolute Gasteiger partial charge is 0.319 e. The van der Waals surface area contributed by atoms with Crippen molar-refractivity contribution in [2.24, 2.45) is 5.92 Å². The standard InChI is InChI=1S/C18H24N2O5/c1-25-16(21)11-4-12-2-7-14(8-3-12)19-18(24)20-15-9-5-13(6-10-15)17(22)23/h2-3,7-8,13,15H,4-6,9-11H2,1H3,(H,22,23)(H2,19,20,24). The summed E-state index contributed by atoms with van der Waals surface area (Å²) < 4.78 is 4.60. The molecule has 25 heavy (non-hydrogen) atoms. The number of nitrogens with one attached hydrogen (secondary N) is 2. The van der Waals surface area contributed by atoms with Gasteiger partial charge in [0.05, 0.1) is 13.0 Å². The number of carbonyl (C=O) groups excluding carboxylic acids is 2. The number of benzene rings is 1. The molecule has 1 fully saturated rings. The van der Waals surface area contributed by atoms with Gasteiger partial charge >= 0.3 is 18.0 Å².